The van der Waals surface area contributed by atoms with Gasteiger partial charge in [0.05, 0.1) is 27.9 Å². The molecule has 0 fully saturated rings. The summed E-state index contributed by atoms with van der Waals surface area (Å²) in [6, 6.07) is 12.9. The van der Waals surface area contributed by atoms with Gasteiger partial charge in [-0.1, -0.05) is 24.3 Å². The largest absolute Gasteiger partial charge is 0.496 e. The Labute approximate surface area is 165 Å². The van der Waals surface area contributed by atoms with E-state index in [0.717, 1.165) is 11.1 Å². The van der Waals surface area contributed by atoms with Gasteiger partial charge >= 0.3 is 0 Å². The number of amides is 2. The van der Waals surface area contributed by atoms with E-state index < -0.39 is 0 Å². The first-order chi connectivity index (χ1) is 13.5. The summed E-state index contributed by atoms with van der Waals surface area (Å²) < 4.78 is 15.8. The van der Waals surface area contributed by atoms with Crippen molar-refractivity contribution >= 4 is 11.8 Å². The van der Waals surface area contributed by atoms with Crippen LogP contribution in [-0.4, -0.2) is 44.6 Å². The SMILES string of the molecule is COc1ccccc1CN(CC(=O)NCc1ccc(OC)c(OC)c1)C(C)=O. The predicted octanol–water partition coefficient (Wildman–Crippen LogP) is 2.38. The van der Waals surface area contributed by atoms with Crippen molar-refractivity contribution < 1.29 is 23.8 Å². The van der Waals surface area contributed by atoms with E-state index in [0.29, 0.717) is 30.3 Å². The van der Waals surface area contributed by atoms with Crippen molar-refractivity contribution in [2.45, 2.75) is 20.0 Å². The van der Waals surface area contributed by atoms with Crippen LogP contribution < -0.4 is 19.5 Å². The van der Waals surface area contributed by atoms with Crippen LogP contribution in [0, 0.1) is 0 Å². The van der Waals surface area contributed by atoms with Gasteiger partial charge in [-0.15, -0.1) is 0 Å². The molecule has 0 aliphatic carbocycles. The fourth-order valence-electron chi connectivity index (χ4n) is 2.74. The maximum absolute atomic E-state index is 12.4. The van der Waals surface area contributed by atoms with E-state index in [1.165, 1.54) is 11.8 Å². The van der Waals surface area contributed by atoms with Gasteiger partial charge in [-0.25, -0.2) is 0 Å². The molecule has 0 unspecified atom stereocenters. The third kappa shape index (κ3) is 5.64. The molecule has 28 heavy (non-hydrogen) atoms. The molecule has 2 rings (SSSR count). The molecule has 7 heteroatoms. The molecular formula is C21H26N2O5. The van der Waals surface area contributed by atoms with Crippen LogP contribution in [0.4, 0.5) is 0 Å². The topological polar surface area (TPSA) is 77.1 Å². The first kappa shape index (κ1) is 21.1. The van der Waals surface area contributed by atoms with Crippen LogP contribution in [0.5, 0.6) is 17.2 Å². The second-order valence-electron chi connectivity index (χ2n) is 6.15. The van der Waals surface area contributed by atoms with Crippen molar-refractivity contribution in [2.75, 3.05) is 27.9 Å². The van der Waals surface area contributed by atoms with E-state index in [1.807, 2.05) is 30.3 Å². The first-order valence-corrected chi connectivity index (χ1v) is 8.83. The van der Waals surface area contributed by atoms with Crippen molar-refractivity contribution in [2.24, 2.45) is 0 Å². The number of methoxy groups -OCH3 is 3. The molecule has 150 valence electrons. The number of carbonyl (C=O) groups excluding carboxylic acids is 2. The fourth-order valence-corrected chi connectivity index (χ4v) is 2.74. The maximum Gasteiger partial charge on any atom is 0.239 e. The number of hydrogen-bond donors (Lipinski definition) is 1. The molecular weight excluding hydrogens is 360 g/mol. The summed E-state index contributed by atoms with van der Waals surface area (Å²) in [4.78, 5) is 25.8. The maximum atomic E-state index is 12.4. The summed E-state index contributed by atoms with van der Waals surface area (Å²) in [6.45, 7) is 2.01. The average Bonchev–Trinajstić information content (AvgIpc) is 2.71. The molecule has 2 aromatic rings. The number of benzene rings is 2. The lowest BCUT2D eigenvalue weighted by Crippen LogP contribution is -2.39. The molecule has 7 nitrogen and oxygen atoms in total. The van der Waals surface area contributed by atoms with Gasteiger partial charge in [0.2, 0.25) is 11.8 Å². The van der Waals surface area contributed by atoms with Crippen LogP contribution in [0.3, 0.4) is 0 Å². The number of carbonyl (C=O) groups is 2. The van der Waals surface area contributed by atoms with Gasteiger partial charge in [0.15, 0.2) is 11.5 Å². The van der Waals surface area contributed by atoms with E-state index in [9.17, 15) is 9.59 Å². The smallest absolute Gasteiger partial charge is 0.239 e. The lowest BCUT2D eigenvalue weighted by molar-refractivity contribution is -0.135. The Morgan fingerprint density at radius 3 is 2.25 bits per heavy atom. The average molecular weight is 386 g/mol. The predicted molar refractivity (Wildman–Crippen MR) is 105 cm³/mol. The van der Waals surface area contributed by atoms with Gasteiger partial charge < -0.3 is 24.4 Å². The lowest BCUT2D eigenvalue weighted by atomic mass is 10.2. The Morgan fingerprint density at radius 2 is 1.61 bits per heavy atom. The summed E-state index contributed by atoms with van der Waals surface area (Å²) >= 11 is 0. The number of ether oxygens (including phenoxy) is 3. The van der Waals surface area contributed by atoms with Crippen LogP contribution in [0.25, 0.3) is 0 Å². The van der Waals surface area contributed by atoms with Gasteiger partial charge in [-0.05, 0) is 23.8 Å². The Kier molecular flexibility index (Phi) is 7.68. The van der Waals surface area contributed by atoms with Gasteiger partial charge in [0, 0.05) is 25.6 Å². The first-order valence-electron chi connectivity index (χ1n) is 8.83. The molecule has 2 aromatic carbocycles. The number of nitrogens with one attached hydrogen (secondary N) is 1. The molecule has 1 N–H and O–H groups in total. The number of hydrogen-bond acceptors (Lipinski definition) is 5. The second kappa shape index (κ2) is 10.2. The number of para-hydroxylation sites is 1. The molecule has 0 atom stereocenters. The van der Waals surface area contributed by atoms with E-state index in [4.69, 9.17) is 14.2 Å². The minimum Gasteiger partial charge on any atom is -0.496 e. The van der Waals surface area contributed by atoms with Crippen LogP contribution in [0.1, 0.15) is 18.1 Å². The minimum absolute atomic E-state index is 0.0410. The van der Waals surface area contributed by atoms with E-state index in [2.05, 4.69) is 5.32 Å². The van der Waals surface area contributed by atoms with Gasteiger partial charge in [-0.3, -0.25) is 9.59 Å². The van der Waals surface area contributed by atoms with Crippen LogP contribution in [-0.2, 0) is 22.7 Å². The highest BCUT2D eigenvalue weighted by molar-refractivity contribution is 5.83. The Morgan fingerprint density at radius 1 is 0.929 bits per heavy atom. The third-order valence-corrected chi connectivity index (χ3v) is 4.27. The highest BCUT2D eigenvalue weighted by atomic mass is 16.5. The molecule has 0 spiro atoms. The molecule has 2 amide bonds. The van der Waals surface area contributed by atoms with Crippen molar-refractivity contribution in [3.8, 4) is 17.2 Å². The molecule has 0 bridgehead atoms. The van der Waals surface area contributed by atoms with E-state index in [1.54, 1.807) is 33.5 Å². The highest BCUT2D eigenvalue weighted by Crippen LogP contribution is 2.27. The second-order valence-corrected chi connectivity index (χ2v) is 6.15. The summed E-state index contributed by atoms with van der Waals surface area (Å²) in [6.07, 6.45) is 0. The summed E-state index contributed by atoms with van der Waals surface area (Å²) in [5.41, 5.74) is 1.71. The Balaban J connectivity index is 1.98. The van der Waals surface area contributed by atoms with Crippen molar-refractivity contribution in [1.82, 2.24) is 10.2 Å². The van der Waals surface area contributed by atoms with E-state index >= 15 is 0 Å². The van der Waals surface area contributed by atoms with Crippen molar-refractivity contribution in [3.63, 3.8) is 0 Å². The quantitative estimate of drug-likeness (QED) is 0.716. The summed E-state index contributed by atoms with van der Waals surface area (Å²) in [5, 5.41) is 2.83. The van der Waals surface area contributed by atoms with Crippen LogP contribution in [0.2, 0.25) is 0 Å². The van der Waals surface area contributed by atoms with Gasteiger partial charge in [0.1, 0.15) is 5.75 Å². The third-order valence-electron chi connectivity index (χ3n) is 4.27. The van der Waals surface area contributed by atoms with Gasteiger partial charge in [-0.2, -0.15) is 0 Å². The normalized spacial score (nSPS) is 10.1. The molecule has 0 radical (unpaired) electrons. The Hall–Kier alpha value is -3.22. The van der Waals surface area contributed by atoms with E-state index in [-0.39, 0.29) is 18.4 Å². The van der Waals surface area contributed by atoms with Crippen molar-refractivity contribution in [1.29, 1.82) is 0 Å². The molecule has 0 aliphatic heterocycles. The zero-order chi connectivity index (χ0) is 20.5. The molecule has 0 aliphatic rings. The van der Waals surface area contributed by atoms with Crippen molar-refractivity contribution in [3.05, 3.63) is 53.6 Å². The zero-order valence-electron chi connectivity index (χ0n) is 16.7. The minimum atomic E-state index is -0.250. The van der Waals surface area contributed by atoms with Crippen LogP contribution >= 0.6 is 0 Å². The fraction of sp³-hybridized carbons (Fsp3) is 0.333. The van der Waals surface area contributed by atoms with Gasteiger partial charge in [0.25, 0.3) is 0 Å². The molecule has 0 heterocycles. The standard InChI is InChI=1S/C21H26N2O5/c1-15(24)23(13-17-7-5-6-8-18(17)26-2)14-21(25)22-12-16-9-10-19(27-3)20(11-16)28-4/h5-11H,12-14H2,1-4H3,(H,22,25). The molecule has 0 saturated heterocycles. The molecule has 0 saturated carbocycles. The van der Waals surface area contributed by atoms with Crippen LogP contribution in [0.15, 0.2) is 42.5 Å². The highest BCUT2D eigenvalue weighted by Gasteiger charge is 2.16. The molecule has 0 aromatic heterocycles. The lowest BCUT2D eigenvalue weighted by Gasteiger charge is -2.22. The number of nitrogens with zero attached hydrogens (tertiary/aromatic N) is 1. The monoisotopic (exact) mass is 386 g/mol. The summed E-state index contributed by atoms with van der Waals surface area (Å²) in [7, 11) is 4.70. The Bertz CT molecular complexity index is 822. The zero-order valence-corrected chi connectivity index (χ0v) is 16.7. The summed E-state index contributed by atoms with van der Waals surface area (Å²) in [5.74, 6) is 1.46. The number of rotatable bonds is 9.